The lowest BCUT2D eigenvalue weighted by atomic mass is 9.94. The van der Waals surface area contributed by atoms with Crippen LogP contribution in [0.1, 0.15) is 36.5 Å². The van der Waals surface area contributed by atoms with E-state index in [0.717, 1.165) is 24.6 Å². The average molecular weight is 299 g/mol. The second kappa shape index (κ2) is 7.10. The van der Waals surface area contributed by atoms with Gasteiger partial charge in [0.05, 0.1) is 32.7 Å². The first-order valence-corrected chi connectivity index (χ1v) is 8.57. The fraction of sp³-hybridized carbons (Fsp3) is 0.526. The van der Waals surface area contributed by atoms with Gasteiger partial charge in [-0.2, -0.15) is 0 Å². The Morgan fingerprint density at radius 2 is 1.91 bits per heavy atom. The monoisotopic (exact) mass is 299 g/mol. The minimum absolute atomic E-state index is 0.141. The van der Waals surface area contributed by atoms with Gasteiger partial charge in [0.15, 0.2) is 5.78 Å². The van der Waals surface area contributed by atoms with E-state index in [4.69, 9.17) is 0 Å². The lowest BCUT2D eigenvalue weighted by molar-refractivity contribution is -0.904. The van der Waals surface area contributed by atoms with Crippen LogP contribution in [-0.4, -0.2) is 38.5 Å². The molecule has 2 aliphatic rings. The molecule has 1 saturated heterocycles. The summed E-state index contributed by atoms with van der Waals surface area (Å²) in [7, 11) is 0. The van der Waals surface area contributed by atoms with Crippen LogP contribution >= 0.6 is 0 Å². The third-order valence-corrected chi connectivity index (χ3v) is 5.06. The SMILES string of the molecule is CC(=O)c1ccc(N2CC[NH+](C[C@H]3CC=CCC3)CC2)cc1. The Hall–Kier alpha value is -1.61. The number of rotatable bonds is 4. The number of hydrogen-bond donors (Lipinski definition) is 1. The summed E-state index contributed by atoms with van der Waals surface area (Å²) in [6.45, 7) is 7.66. The molecule has 0 amide bonds. The molecule has 0 spiro atoms. The van der Waals surface area contributed by atoms with Crippen molar-refractivity contribution in [1.82, 2.24) is 0 Å². The number of piperazine rings is 1. The maximum Gasteiger partial charge on any atom is 0.159 e. The number of allylic oxidation sites excluding steroid dienone is 2. The number of ketones is 1. The molecule has 1 fully saturated rings. The number of carbonyl (C=O) groups is 1. The first kappa shape index (κ1) is 15.3. The molecule has 1 aromatic carbocycles. The van der Waals surface area contributed by atoms with Gasteiger partial charge in [-0.05, 0) is 50.5 Å². The highest BCUT2D eigenvalue weighted by Crippen LogP contribution is 2.17. The van der Waals surface area contributed by atoms with Gasteiger partial charge >= 0.3 is 0 Å². The predicted octanol–water partition coefficient (Wildman–Crippen LogP) is 1.95. The zero-order chi connectivity index (χ0) is 15.4. The van der Waals surface area contributed by atoms with Gasteiger partial charge in [-0.25, -0.2) is 0 Å². The van der Waals surface area contributed by atoms with Gasteiger partial charge < -0.3 is 9.80 Å². The third kappa shape index (κ3) is 3.77. The standard InChI is InChI=1S/C19H26N2O/c1-16(22)18-7-9-19(10-8-18)21-13-11-20(12-14-21)15-17-5-3-2-4-6-17/h2-3,7-10,17H,4-6,11-15H2,1H3/p+1/t17-/m0/s1. The molecule has 0 bridgehead atoms. The van der Waals surface area contributed by atoms with Gasteiger partial charge in [-0.1, -0.05) is 12.2 Å². The Kier molecular flexibility index (Phi) is 4.94. The maximum atomic E-state index is 11.3. The quantitative estimate of drug-likeness (QED) is 0.679. The van der Waals surface area contributed by atoms with Crippen LogP contribution in [0.2, 0.25) is 0 Å². The van der Waals surface area contributed by atoms with Crippen molar-refractivity contribution in [3.05, 3.63) is 42.0 Å². The largest absolute Gasteiger partial charge is 0.360 e. The highest BCUT2D eigenvalue weighted by Gasteiger charge is 2.23. The van der Waals surface area contributed by atoms with Gasteiger partial charge in [-0.15, -0.1) is 0 Å². The molecule has 3 nitrogen and oxygen atoms in total. The van der Waals surface area contributed by atoms with Crippen LogP contribution in [0.15, 0.2) is 36.4 Å². The predicted molar refractivity (Wildman–Crippen MR) is 90.7 cm³/mol. The van der Waals surface area contributed by atoms with Gasteiger partial charge in [0.1, 0.15) is 0 Å². The van der Waals surface area contributed by atoms with Gasteiger partial charge in [-0.3, -0.25) is 4.79 Å². The van der Waals surface area contributed by atoms with E-state index in [1.807, 2.05) is 12.1 Å². The summed E-state index contributed by atoms with van der Waals surface area (Å²) in [5, 5.41) is 0. The van der Waals surface area contributed by atoms with Gasteiger partial charge in [0.25, 0.3) is 0 Å². The molecular weight excluding hydrogens is 272 g/mol. The lowest BCUT2D eigenvalue weighted by Gasteiger charge is -2.35. The molecule has 0 unspecified atom stereocenters. The average Bonchev–Trinajstić information content (AvgIpc) is 2.57. The number of hydrogen-bond acceptors (Lipinski definition) is 2. The topological polar surface area (TPSA) is 24.8 Å². The van der Waals surface area contributed by atoms with E-state index in [0.29, 0.717) is 0 Å². The zero-order valence-electron chi connectivity index (χ0n) is 13.6. The van der Waals surface area contributed by atoms with E-state index in [1.165, 1.54) is 44.6 Å². The van der Waals surface area contributed by atoms with Crippen molar-refractivity contribution in [3.63, 3.8) is 0 Å². The molecule has 1 heterocycles. The highest BCUT2D eigenvalue weighted by molar-refractivity contribution is 5.94. The van der Waals surface area contributed by atoms with Crippen molar-refractivity contribution in [2.75, 3.05) is 37.6 Å². The van der Waals surface area contributed by atoms with Crippen molar-refractivity contribution < 1.29 is 9.69 Å². The second-order valence-corrected chi connectivity index (χ2v) is 6.69. The van der Waals surface area contributed by atoms with Crippen molar-refractivity contribution in [2.45, 2.75) is 26.2 Å². The summed E-state index contributed by atoms with van der Waals surface area (Å²) < 4.78 is 0. The number of carbonyl (C=O) groups excluding carboxylic acids is 1. The normalized spacial score (nSPS) is 22.8. The smallest absolute Gasteiger partial charge is 0.159 e. The minimum atomic E-state index is 0.141. The van der Waals surface area contributed by atoms with Crippen molar-refractivity contribution in [3.8, 4) is 0 Å². The number of Topliss-reactive ketones (excluding diaryl/α,β-unsaturated/α-hetero) is 1. The number of nitrogens with zero attached hydrogens (tertiary/aromatic N) is 1. The fourth-order valence-electron chi connectivity index (χ4n) is 3.64. The summed E-state index contributed by atoms with van der Waals surface area (Å²) in [4.78, 5) is 15.6. The Morgan fingerprint density at radius 3 is 2.50 bits per heavy atom. The lowest BCUT2D eigenvalue weighted by Crippen LogP contribution is -3.15. The molecule has 3 heteroatoms. The Morgan fingerprint density at radius 1 is 1.18 bits per heavy atom. The molecule has 3 rings (SSSR count). The molecular formula is C19H27N2O+. The number of quaternary nitrogens is 1. The van der Waals surface area contributed by atoms with Gasteiger partial charge in [0.2, 0.25) is 0 Å². The highest BCUT2D eigenvalue weighted by atomic mass is 16.1. The van der Waals surface area contributed by atoms with Crippen LogP contribution in [0, 0.1) is 5.92 Å². The zero-order valence-corrected chi connectivity index (χ0v) is 13.6. The molecule has 22 heavy (non-hydrogen) atoms. The first-order chi connectivity index (χ1) is 10.7. The van der Waals surface area contributed by atoms with Crippen molar-refractivity contribution >= 4 is 11.5 Å². The van der Waals surface area contributed by atoms with E-state index in [-0.39, 0.29) is 5.78 Å². The molecule has 0 aromatic heterocycles. The summed E-state index contributed by atoms with van der Waals surface area (Å²) >= 11 is 0. The van der Waals surface area contributed by atoms with Crippen LogP contribution < -0.4 is 9.80 Å². The Balaban J connectivity index is 1.50. The fourth-order valence-corrected chi connectivity index (χ4v) is 3.64. The van der Waals surface area contributed by atoms with E-state index in [2.05, 4.69) is 29.2 Å². The minimum Gasteiger partial charge on any atom is -0.360 e. The summed E-state index contributed by atoms with van der Waals surface area (Å²) in [5.41, 5.74) is 2.06. The number of anilines is 1. The molecule has 118 valence electrons. The van der Waals surface area contributed by atoms with E-state index < -0.39 is 0 Å². The van der Waals surface area contributed by atoms with Crippen LogP contribution in [0.4, 0.5) is 5.69 Å². The van der Waals surface area contributed by atoms with Crippen LogP contribution in [0.5, 0.6) is 0 Å². The Bertz CT molecular complexity index is 527. The van der Waals surface area contributed by atoms with E-state index >= 15 is 0 Å². The summed E-state index contributed by atoms with van der Waals surface area (Å²) in [5.74, 6) is 1.03. The van der Waals surface area contributed by atoms with E-state index in [1.54, 1.807) is 11.8 Å². The second-order valence-electron chi connectivity index (χ2n) is 6.69. The summed E-state index contributed by atoms with van der Waals surface area (Å²) in [6, 6.07) is 8.08. The number of benzene rings is 1. The Labute approximate surface area is 133 Å². The number of nitrogens with one attached hydrogen (secondary N) is 1. The van der Waals surface area contributed by atoms with Crippen molar-refractivity contribution in [1.29, 1.82) is 0 Å². The maximum absolute atomic E-state index is 11.3. The molecule has 1 aliphatic carbocycles. The molecule has 0 saturated carbocycles. The van der Waals surface area contributed by atoms with Crippen LogP contribution in [-0.2, 0) is 0 Å². The first-order valence-electron chi connectivity index (χ1n) is 8.57. The van der Waals surface area contributed by atoms with Crippen LogP contribution in [0.3, 0.4) is 0 Å². The molecule has 1 aliphatic heterocycles. The molecule has 1 N–H and O–H groups in total. The summed E-state index contributed by atoms with van der Waals surface area (Å²) in [6.07, 6.45) is 8.61. The molecule has 0 radical (unpaired) electrons. The van der Waals surface area contributed by atoms with Gasteiger partial charge in [0, 0.05) is 17.2 Å². The molecule has 1 aromatic rings. The van der Waals surface area contributed by atoms with Crippen molar-refractivity contribution in [2.24, 2.45) is 5.92 Å². The van der Waals surface area contributed by atoms with E-state index in [9.17, 15) is 4.79 Å². The van der Waals surface area contributed by atoms with Crippen LogP contribution in [0.25, 0.3) is 0 Å². The molecule has 1 atom stereocenters. The third-order valence-electron chi connectivity index (χ3n) is 5.06.